The zero-order chi connectivity index (χ0) is 18.4. The smallest absolute Gasteiger partial charge is 0.161 e. The summed E-state index contributed by atoms with van der Waals surface area (Å²) in [6.07, 6.45) is 9.28. The summed E-state index contributed by atoms with van der Waals surface area (Å²) in [5, 5.41) is 3.84. The zero-order valence-electron chi connectivity index (χ0n) is 16.3. The predicted octanol–water partition coefficient (Wildman–Crippen LogP) is 5.36. The Bertz CT molecular complexity index is 837. The third-order valence-corrected chi connectivity index (χ3v) is 8.24. The number of hydrogen-bond donors (Lipinski definition) is 1. The van der Waals surface area contributed by atoms with Crippen molar-refractivity contribution < 1.29 is 9.47 Å². The first-order chi connectivity index (χ1) is 13.3. The lowest BCUT2D eigenvalue weighted by molar-refractivity contribution is 0.349. The van der Waals surface area contributed by atoms with Crippen molar-refractivity contribution in [1.29, 1.82) is 0 Å². The minimum absolute atomic E-state index is 0.458. The molecule has 0 saturated heterocycles. The molecule has 2 atom stereocenters. The monoisotopic (exact) mass is 383 g/mol. The van der Waals surface area contributed by atoms with Gasteiger partial charge in [-0.15, -0.1) is 11.3 Å². The minimum atomic E-state index is 0.458. The fourth-order valence-corrected chi connectivity index (χ4v) is 6.91. The average Bonchev–Trinajstić information content (AvgIpc) is 3.17. The molecule has 1 fully saturated rings. The fraction of sp³-hybridized carbons (Fsp3) is 0.565. The highest BCUT2D eigenvalue weighted by atomic mass is 32.1. The van der Waals surface area contributed by atoms with Gasteiger partial charge in [-0.05, 0) is 66.5 Å². The van der Waals surface area contributed by atoms with E-state index in [4.69, 9.17) is 9.47 Å². The van der Waals surface area contributed by atoms with Crippen LogP contribution in [-0.4, -0.2) is 20.3 Å². The van der Waals surface area contributed by atoms with E-state index >= 15 is 0 Å². The van der Waals surface area contributed by atoms with Gasteiger partial charge in [0.1, 0.15) is 0 Å². The largest absolute Gasteiger partial charge is 0.493 e. The van der Waals surface area contributed by atoms with Crippen molar-refractivity contribution in [3.63, 3.8) is 0 Å². The first-order valence-electron chi connectivity index (χ1n) is 10.4. The Morgan fingerprint density at radius 2 is 1.70 bits per heavy atom. The van der Waals surface area contributed by atoms with Gasteiger partial charge >= 0.3 is 0 Å². The van der Waals surface area contributed by atoms with Crippen molar-refractivity contribution in [3.05, 3.63) is 44.6 Å². The van der Waals surface area contributed by atoms with Crippen LogP contribution >= 0.6 is 11.3 Å². The van der Waals surface area contributed by atoms with Crippen LogP contribution in [0.1, 0.15) is 76.8 Å². The van der Waals surface area contributed by atoms with E-state index in [2.05, 4.69) is 34.9 Å². The Kier molecular flexibility index (Phi) is 4.65. The fourth-order valence-electron chi connectivity index (χ4n) is 5.38. The Balaban J connectivity index is 1.57. The maximum absolute atomic E-state index is 5.63. The molecule has 0 spiro atoms. The molecule has 2 aromatic rings. The summed E-state index contributed by atoms with van der Waals surface area (Å²) in [6.45, 7) is 1.03. The highest BCUT2D eigenvalue weighted by Gasteiger charge is 2.37. The molecule has 144 valence electrons. The van der Waals surface area contributed by atoms with Crippen LogP contribution in [0.15, 0.2) is 18.2 Å². The van der Waals surface area contributed by atoms with Gasteiger partial charge in [0.2, 0.25) is 0 Å². The topological polar surface area (TPSA) is 30.5 Å². The molecular weight excluding hydrogens is 354 g/mol. The lowest BCUT2D eigenvalue weighted by Gasteiger charge is -2.38. The van der Waals surface area contributed by atoms with E-state index in [1.54, 1.807) is 24.0 Å². The second-order valence-electron chi connectivity index (χ2n) is 8.28. The van der Waals surface area contributed by atoms with Crippen LogP contribution in [0.25, 0.3) is 0 Å². The summed E-state index contributed by atoms with van der Waals surface area (Å²) >= 11 is 2.10. The van der Waals surface area contributed by atoms with E-state index < -0.39 is 0 Å². The molecule has 4 heteroatoms. The Labute approximate surface area is 166 Å². The van der Waals surface area contributed by atoms with Crippen LogP contribution in [0, 0.1) is 0 Å². The number of ether oxygens (including phenoxy) is 2. The summed E-state index contributed by atoms with van der Waals surface area (Å²) in [5.41, 5.74) is 4.40. The van der Waals surface area contributed by atoms with Gasteiger partial charge in [0.15, 0.2) is 11.5 Å². The maximum atomic E-state index is 5.63. The molecule has 3 nitrogen and oxygen atoms in total. The van der Waals surface area contributed by atoms with Crippen molar-refractivity contribution in [2.24, 2.45) is 0 Å². The molecule has 2 aliphatic carbocycles. The van der Waals surface area contributed by atoms with E-state index in [0.29, 0.717) is 12.0 Å². The molecule has 1 aromatic carbocycles. The van der Waals surface area contributed by atoms with E-state index in [-0.39, 0.29) is 0 Å². The SMILES string of the molecule is COc1cc2c(cc1OC)[C@@H]1c3sc(C4CCCCC4)cc3CN[C@H]1CC2. The Hall–Kier alpha value is -1.52. The van der Waals surface area contributed by atoms with Crippen molar-refractivity contribution >= 4 is 11.3 Å². The highest BCUT2D eigenvalue weighted by Crippen LogP contribution is 2.49. The average molecular weight is 384 g/mol. The Morgan fingerprint density at radius 1 is 0.926 bits per heavy atom. The van der Waals surface area contributed by atoms with Crippen molar-refractivity contribution in [1.82, 2.24) is 5.32 Å². The lowest BCUT2D eigenvalue weighted by atomic mass is 9.75. The van der Waals surface area contributed by atoms with E-state index in [1.807, 2.05) is 0 Å². The molecular formula is C23H29NO2S. The molecule has 0 amide bonds. The number of thiophene rings is 1. The summed E-state index contributed by atoms with van der Waals surface area (Å²) in [4.78, 5) is 3.24. The molecule has 0 bridgehead atoms. The molecule has 2 heterocycles. The van der Waals surface area contributed by atoms with Gasteiger partial charge in [-0.3, -0.25) is 0 Å². The quantitative estimate of drug-likeness (QED) is 0.774. The van der Waals surface area contributed by atoms with Crippen molar-refractivity contribution in [2.75, 3.05) is 14.2 Å². The highest BCUT2D eigenvalue weighted by molar-refractivity contribution is 7.12. The molecule has 0 radical (unpaired) electrons. The molecule has 1 aliphatic heterocycles. The second-order valence-corrected chi connectivity index (χ2v) is 9.40. The number of fused-ring (bicyclic) bond motifs is 5. The number of rotatable bonds is 3. The third-order valence-electron chi connectivity index (χ3n) is 6.81. The molecule has 27 heavy (non-hydrogen) atoms. The first-order valence-corrected chi connectivity index (χ1v) is 11.2. The molecule has 0 unspecified atom stereocenters. The van der Waals surface area contributed by atoms with Gasteiger partial charge < -0.3 is 14.8 Å². The molecule has 1 saturated carbocycles. The number of aryl methyl sites for hydroxylation is 1. The lowest BCUT2D eigenvalue weighted by Crippen LogP contribution is -2.41. The number of hydrogen-bond acceptors (Lipinski definition) is 4. The molecule has 3 aliphatic rings. The van der Waals surface area contributed by atoms with E-state index in [9.17, 15) is 0 Å². The van der Waals surface area contributed by atoms with Gasteiger partial charge in [0, 0.05) is 28.3 Å². The molecule has 5 rings (SSSR count). The van der Waals surface area contributed by atoms with Gasteiger partial charge in [0.05, 0.1) is 14.2 Å². The van der Waals surface area contributed by atoms with Gasteiger partial charge in [-0.25, -0.2) is 0 Å². The van der Waals surface area contributed by atoms with Crippen molar-refractivity contribution in [2.45, 2.75) is 69.4 Å². The van der Waals surface area contributed by atoms with Crippen molar-refractivity contribution in [3.8, 4) is 11.5 Å². The number of nitrogens with one attached hydrogen (secondary N) is 1. The van der Waals surface area contributed by atoms with Crippen LogP contribution in [0.4, 0.5) is 0 Å². The third kappa shape index (κ3) is 2.98. The first kappa shape index (κ1) is 17.6. The van der Waals surface area contributed by atoms with Crippen LogP contribution in [0.3, 0.4) is 0 Å². The normalized spacial score (nSPS) is 24.7. The zero-order valence-corrected chi connectivity index (χ0v) is 17.2. The molecule has 1 N–H and O–H groups in total. The van der Waals surface area contributed by atoms with Crippen LogP contribution in [0.5, 0.6) is 11.5 Å². The summed E-state index contributed by atoms with van der Waals surface area (Å²) in [7, 11) is 3.47. The van der Waals surface area contributed by atoms with Crippen LogP contribution < -0.4 is 14.8 Å². The van der Waals surface area contributed by atoms with Gasteiger partial charge in [-0.1, -0.05) is 19.3 Å². The van der Waals surface area contributed by atoms with E-state index in [1.165, 1.54) is 55.2 Å². The summed E-state index contributed by atoms with van der Waals surface area (Å²) < 4.78 is 11.2. The van der Waals surface area contributed by atoms with E-state index in [0.717, 1.165) is 30.4 Å². The minimum Gasteiger partial charge on any atom is -0.493 e. The summed E-state index contributed by atoms with van der Waals surface area (Å²) in [6, 6.07) is 7.51. The maximum Gasteiger partial charge on any atom is 0.161 e. The summed E-state index contributed by atoms with van der Waals surface area (Å²) in [5.74, 6) is 2.96. The van der Waals surface area contributed by atoms with Gasteiger partial charge in [-0.2, -0.15) is 0 Å². The Morgan fingerprint density at radius 3 is 2.48 bits per heavy atom. The van der Waals surface area contributed by atoms with Crippen LogP contribution in [0.2, 0.25) is 0 Å². The second kappa shape index (κ2) is 7.14. The predicted molar refractivity (Wildman–Crippen MR) is 110 cm³/mol. The number of benzene rings is 1. The standard InChI is InChI=1S/C23H29NO2S/c1-25-19-10-15-8-9-18-22(17(15)12-20(19)26-2)23-16(13-24-18)11-21(27-23)14-6-4-3-5-7-14/h10-12,14,18,22,24H,3-9,13H2,1-2H3/t18-,22-/m0/s1. The van der Waals surface area contributed by atoms with Gasteiger partial charge in [0.25, 0.3) is 0 Å². The van der Waals surface area contributed by atoms with Crippen LogP contribution in [-0.2, 0) is 13.0 Å². The molecule has 1 aromatic heterocycles. The number of methoxy groups -OCH3 is 2.